The minimum Gasteiger partial charge on any atom is -0.477 e. The molecule has 0 saturated carbocycles. The summed E-state index contributed by atoms with van der Waals surface area (Å²) in [6.07, 6.45) is 0. The Labute approximate surface area is 86.8 Å². The number of thiophene rings is 1. The maximum Gasteiger partial charge on any atom is 0.342 e. The summed E-state index contributed by atoms with van der Waals surface area (Å²) in [7, 11) is 0. The first-order valence-corrected chi connectivity index (χ1v) is 4.89. The van der Waals surface area contributed by atoms with Gasteiger partial charge in [0.2, 0.25) is 0 Å². The lowest BCUT2D eigenvalue weighted by atomic mass is 10.2. The van der Waals surface area contributed by atoms with E-state index in [4.69, 9.17) is 16.7 Å². The minimum atomic E-state index is -1.32. The van der Waals surface area contributed by atoms with Crippen molar-refractivity contribution >= 4 is 39.1 Å². The quantitative estimate of drug-likeness (QED) is 0.785. The highest BCUT2D eigenvalue weighted by Crippen LogP contribution is 2.26. The van der Waals surface area contributed by atoms with Crippen molar-refractivity contribution < 1.29 is 9.90 Å². The number of hydrogen-bond acceptors (Lipinski definition) is 3. The second-order valence-electron chi connectivity index (χ2n) is 2.61. The SMILES string of the molecule is O=C(O)c1c(Cl)c2ccsc2[nH]c1=O. The molecule has 0 amide bonds. The van der Waals surface area contributed by atoms with Gasteiger partial charge >= 0.3 is 5.97 Å². The van der Waals surface area contributed by atoms with E-state index >= 15 is 0 Å². The van der Waals surface area contributed by atoms with Crippen LogP contribution in [0.4, 0.5) is 0 Å². The van der Waals surface area contributed by atoms with Gasteiger partial charge in [-0.15, -0.1) is 11.3 Å². The Morgan fingerprint density at radius 2 is 2.29 bits per heavy atom. The van der Waals surface area contributed by atoms with Gasteiger partial charge in [0.05, 0.1) is 5.02 Å². The summed E-state index contributed by atoms with van der Waals surface area (Å²) in [6, 6.07) is 1.67. The van der Waals surface area contributed by atoms with Crippen molar-refractivity contribution in [1.82, 2.24) is 4.98 Å². The van der Waals surface area contributed by atoms with Gasteiger partial charge in [0.1, 0.15) is 10.4 Å². The first-order chi connectivity index (χ1) is 6.61. The normalized spacial score (nSPS) is 10.6. The second-order valence-corrected chi connectivity index (χ2v) is 3.91. The Kier molecular flexibility index (Phi) is 2.05. The largest absolute Gasteiger partial charge is 0.477 e. The number of aromatic nitrogens is 1. The minimum absolute atomic E-state index is 0.00231. The molecule has 4 nitrogen and oxygen atoms in total. The Hall–Kier alpha value is -1.33. The van der Waals surface area contributed by atoms with Crippen LogP contribution in [-0.4, -0.2) is 16.1 Å². The molecule has 2 heterocycles. The molecule has 0 fully saturated rings. The van der Waals surface area contributed by atoms with Crippen molar-refractivity contribution in [3.05, 3.63) is 32.4 Å². The fourth-order valence-corrected chi connectivity index (χ4v) is 2.34. The summed E-state index contributed by atoms with van der Waals surface area (Å²) in [5.41, 5.74) is -1.07. The van der Waals surface area contributed by atoms with E-state index in [2.05, 4.69) is 4.98 Å². The monoisotopic (exact) mass is 229 g/mol. The van der Waals surface area contributed by atoms with E-state index in [0.717, 1.165) is 0 Å². The Bertz CT molecular complexity index is 571. The van der Waals surface area contributed by atoms with E-state index in [-0.39, 0.29) is 5.02 Å². The van der Waals surface area contributed by atoms with Gasteiger partial charge in [-0.05, 0) is 11.4 Å². The zero-order valence-electron chi connectivity index (χ0n) is 6.70. The molecule has 2 aromatic rings. The number of H-pyrrole nitrogens is 1. The molecule has 2 N–H and O–H groups in total. The van der Waals surface area contributed by atoms with Gasteiger partial charge in [0.15, 0.2) is 0 Å². The van der Waals surface area contributed by atoms with Gasteiger partial charge in [0, 0.05) is 5.39 Å². The summed E-state index contributed by atoms with van der Waals surface area (Å²) in [5.74, 6) is -1.32. The lowest BCUT2D eigenvalue weighted by molar-refractivity contribution is 0.0695. The Morgan fingerprint density at radius 3 is 2.93 bits per heavy atom. The molecule has 0 aliphatic rings. The molecule has 2 rings (SSSR count). The molecule has 72 valence electrons. The topological polar surface area (TPSA) is 70.2 Å². The van der Waals surface area contributed by atoms with Gasteiger partial charge < -0.3 is 10.1 Å². The molecular weight excluding hydrogens is 226 g/mol. The molecule has 6 heteroatoms. The van der Waals surface area contributed by atoms with Crippen LogP contribution in [0.1, 0.15) is 10.4 Å². The molecule has 0 spiro atoms. The van der Waals surface area contributed by atoms with Crippen LogP contribution in [0.2, 0.25) is 5.02 Å². The number of carboxylic acid groups (broad SMARTS) is 1. The van der Waals surface area contributed by atoms with Crippen molar-refractivity contribution in [2.24, 2.45) is 0 Å². The number of carboxylic acids is 1. The lowest BCUT2D eigenvalue weighted by Gasteiger charge is -1.98. The average molecular weight is 230 g/mol. The van der Waals surface area contributed by atoms with Crippen molar-refractivity contribution in [1.29, 1.82) is 0 Å². The van der Waals surface area contributed by atoms with Crippen LogP contribution in [0.15, 0.2) is 16.2 Å². The smallest absolute Gasteiger partial charge is 0.342 e. The zero-order chi connectivity index (χ0) is 10.3. The summed E-state index contributed by atoms with van der Waals surface area (Å²) < 4.78 is 0. The first kappa shape index (κ1) is 9.23. The molecule has 0 aromatic carbocycles. The predicted octanol–water partition coefficient (Wildman–Crippen LogP) is 1.94. The third-order valence-corrected chi connectivity index (χ3v) is 3.01. The van der Waals surface area contributed by atoms with Crippen molar-refractivity contribution in [2.75, 3.05) is 0 Å². The molecular formula is C8H4ClNO3S. The third-order valence-electron chi connectivity index (χ3n) is 1.79. The molecule has 0 aliphatic heterocycles. The highest BCUT2D eigenvalue weighted by molar-refractivity contribution is 7.16. The van der Waals surface area contributed by atoms with Crippen molar-refractivity contribution in [3.8, 4) is 0 Å². The average Bonchev–Trinajstić information content (AvgIpc) is 2.50. The fraction of sp³-hybridized carbons (Fsp3) is 0. The highest BCUT2D eigenvalue weighted by atomic mass is 35.5. The fourth-order valence-electron chi connectivity index (χ4n) is 1.17. The molecule has 0 radical (unpaired) electrons. The molecule has 0 atom stereocenters. The third kappa shape index (κ3) is 1.21. The molecule has 14 heavy (non-hydrogen) atoms. The number of nitrogens with one attached hydrogen (secondary N) is 1. The Morgan fingerprint density at radius 1 is 1.57 bits per heavy atom. The maximum absolute atomic E-state index is 11.3. The zero-order valence-corrected chi connectivity index (χ0v) is 8.28. The van der Waals surface area contributed by atoms with E-state index in [0.29, 0.717) is 10.2 Å². The van der Waals surface area contributed by atoms with Crippen LogP contribution in [-0.2, 0) is 0 Å². The second kappa shape index (κ2) is 3.11. The molecule has 0 saturated heterocycles. The van der Waals surface area contributed by atoms with Crippen LogP contribution in [0, 0.1) is 0 Å². The first-order valence-electron chi connectivity index (χ1n) is 3.63. The molecule has 0 bridgehead atoms. The highest BCUT2D eigenvalue weighted by Gasteiger charge is 2.17. The molecule has 0 aliphatic carbocycles. The van der Waals surface area contributed by atoms with Crippen LogP contribution >= 0.6 is 22.9 Å². The predicted molar refractivity (Wildman–Crippen MR) is 54.4 cm³/mol. The number of halogens is 1. The number of pyridine rings is 1. The van der Waals surface area contributed by atoms with Gasteiger partial charge in [-0.25, -0.2) is 4.79 Å². The Balaban J connectivity index is 2.96. The number of rotatable bonds is 1. The number of fused-ring (bicyclic) bond motifs is 1. The van der Waals surface area contributed by atoms with Crippen LogP contribution in [0.5, 0.6) is 0 Å². The van der Waals surface area contributed by atoms with E-state index in [1.807, 2.05) is 0 Å². The summed E-state index contributed by atoms with van der Waals surface area (Å²) in [6.45, 7) is 0. The number of carbonyl (C=O) groups is 1. The van der Waals surface area contributed by atoms with Gasteiger partial charge in [-0.1, -0.05) is 11.6 Å². The van der Waals surface area contributed by atoms with Gasteiger partial charge in [0.25, 0.3) is 5.56 Å². The number of aromatic amines is 1. The number of aromatic carboxylic acids is 1. The molecule has 2 aromatic heterocycles. The number of hydrogen-bond donors (Lipinski definition) is 2. The van der Waals surface area contributed by atoms with Crippen molar-refractivity contribution in [2.45, 2.75) is 0 Å². The van der Waals surface area contributed by atoms with Crippen LogP contribution < -0.4 is 5.56 Å². The van der Waals surface area contributed by atoms with E-state index < -0.39 is 17.1 Å². The summed E-state index contributed by atoms with van der Waals surface area (Å²) in [5, 5.41) is 11.0. The van der Waals surface area contributed by atoms with E-state index in [9.17, 15) is 9.59 Å². The van der Waals surface area contributed by atoms with Crippen molar-refractivity contribution in [3.63, 3.8) is 0 Å². The summed E-state index contributed by atoms with van der Waals surface area (Å²) >= 11 is 7.09. The lowest BCUT2D eigenvalue weighted by Crippen LogP contribution is -2.17. The summed E-state index contributed by atoms with van der Waals surface area (Å²) in [4.78, 5) is 25.0. The van der Waals surface area contributed by atoms with E-state index in [1.54, 1.807) is 11.4 Å². The van der Waals surface area contributed by atoms with Crippen LogP contribution in [0.25, 0.3) is 10.2 Å². The molecule has 0 unspecified atom stereocenters. The van der Waals surface area contributed by atoms with Gasteiger partial charge in [-0.2, -0.15) is 0 Å². The maximum atomic E-state index is 11.3. The standard InChI is InChI=1S/C8H4ClNO3S/c9-5-3-1-2-14-7(3)10-6(11)4(5)8(12)13/h1-2H,(H,10,11)(H,12,13). The van der Waals surface area contributed by atoms with Gasteiger partial charge in [-0.3, -0.25) is 4.79 Å². The van der Waals surface area contributed by atoms with Crippen LogP contribution in [0.3, 0.4) is 0 Å². The van der Waals surface area contributed by atoms with E-state index in [1.165, 1.54) is 11.3 Å².